The monoisotopic (exact) mass is 542 g/mol. The molecule has 0 aliphatic heterocycles. The normalized spacial score (nSPS) is 0. The van der Waals surface area contributed by atoms with E-state index in [4.69, 9.17) is 0 Å². The van der Waals surface area contributed by atoms with Gasteiger partial charge >= 0.3 is 17.6 Å². The second-order valence-electron chi connectivity index (χ2n) is 0. The molecule has 0 aliphatic rings. The molecule has 33 valence electrons. The van der Waals surface area contributed by atoms with Crippen LogP contribution in [0.1, 0.15) is 0 Å². The van der Waals surface area contributed by atoms with Gasteiger partial charge in [0.15, 0.2) is 0 Å². The summed E-state index contributed by atoms with van der Waals surface area (Å²) in [6, 6.07) is 0. The average molecular weight is 541 g/mol. The van der Waals surface area contributed by atoms with E-state index in [-0.39, 0.29) is 129 Å². The predicted molar refractivity (Wildman–Crippen MR) is 11.3 cm³/mol. The molecule has 5 radical (unpaired) electrons. The Hall–Kier alpha value is 4.24. The minimum absolute atomic E-state index is 0. The summed E-state index contributed by atoms with van der Waals surface area (Å²) in [6.45, 7) is 0. The van der Waals surface area contributed by atoms with E-state index in [2.05, 4.69) is 0 Å². The maximum absolute atomic E-state index is 0. The minimum atomic E-state index is 0. The smallest absolute Gasteiger partial charge is 0 e. The molecule has 0 aromatic carbocycles. The van der Waals surface area contributed by atoms with Gasteiger partial charge in [0, 0.05) is 112 Å². The fourth-order valence-corrected chi connectivity index (χ4v) is 0. The molecule has 0 bridgehead atoms. The van der Waals surface area contributed by atoms with Crippen LogP contribution in [0.2, 0.25) is 0 Å². The van der Waals surface area contributed by atoms with Gasteiger partial charge in [0.25, 0.3) is 0 Å². The van der Waals surface area contributed by atoms with Crippen molar-refractivity contribution in [2.75, 3.05) is 0 Å². The summed E-state index contributed by atoms with van der Waals surface area (Å²) < 4.78 is 0. The van der Waals surface area contributed by atoms with Crippen LogP contribution in [0.4, 0.5) is 0 Å². The van der Waals surface area contributed by atoms with Crippen molar-refractivity contribution in [1.82, 2.24) is 0 Å². The first-order valence-electron chi connectivity index (χ1n) is 0. The summed E-state index contributed by atoms with van der Waals surface area (Å²) in [5.41, 5.74) is 0. The van der Waals surface area contributed by atoms with Crippen LogP contribution in [0.5, 0.6) is 0 Å². The first kappa shape index (κ1) is 48.6. The van der Waals surface area contributed by atoms with Crippen molar-refractivity contribution in [1.29, 1.82) is 0 Å². The topological polar surface area (TPSA) is 0 Å². The van der Waals surface area contributed by atoms with Gasteiger partial charge in [0.1, 0.15) is 0 Å². The minimum Gasteiger partial charge on any atom is 0 e. The maximum atomic E-state index is 0. The maximum Gasteiger partial charge on any atom is 0 e. The van der Waals surface area contributed by atoms with Gasteiger partial charge in [0.05, 0.1) is 0 Å². The van der Waals surface area contributed by atoms with Crippen molar-refractivity contribution in [3.05, 3.63) is 0 Å². The Labute approximate surface area is 127 Å². The van der Waals surface area contributed by atoms with E-state index < -0.39 is 0 Å². The third-order valence-electron chi connectivity index (χ3n) is 0. The second-order valence-corrected chi connectivity index (χ2v) is 0. The first-order chi connectivity index (χ1) is 0. The molecule has 0 saturated heterocycles. The van der Waals surface area contributed by atoms with Crippen molar-refractivity contribution in [3.8, 4) is 0 Å². The van der Waals surface area contributed by atoms with Crippen LogP contribution < -0.4 is 0 Å². The van der Waals surface area contributed by atoms with E-state index in [0.717, 1.165) is 0 Å². The zero-order valence-corrected chi connectivity index (χ0v) is 13.2. The summed E-state index contributed by atoms with van der Waals surface area (Å²) in [5.74, 6) is 0. The molecule has 0 aromatic heterocycles. The largest absolute Gasteiger partial charge is 0 e. The molecule has 0 nitrogen and oxygen atoms in total. The van der Waals surface area contributed by atoms with Crippen LogP contribution in [0.25, 0.3) is 0 Å². The second kappa shape index (κ2) is 34.9. The zero-order chi connectivity index (χ0) is 0. The molecular formula is H4GeNb5. The van der Waals surface area contributed by atoms with Gasteiger partial charge in [-0.3, -0.25) is 0 Å². The molecule has 0 aromatic rings. The fourth-order valence-electron chi connectivity index (χ4n) is 0. The summed E-state index contributed by atoms with van der Waals surface area (Å²) in [7, 11) is 0. The zero-order valence-electron chi connectivity index (χ0n) is 2.24. The van der Waals surface area contributed by atoms with E-state index in [0.29, 0.717) is 0 Å². The molecule has 0 rings (SSSR count). The molecule has 0 saturated carbocycles. The molecule has 6 heavy (non-hydrogen) atoms. The number of hydrogen-bond acceptors (Lipinski definition) is 0. The van der Waals surface area contributed by atoms with Crippen LogP contribution in [0, 0.1) is 0 Å². The Balaban J connectivity index is 0. The Morgan fingerprint density at radius 3 is 0.333 bits per heavy atom. The van der Waals surface area contributed by atoms with Gasteiger partial charge in [-0.15, -0.1) is 0 Å². The van der Waals surface area contributed by atoms with Gasteiger partial charge in [0.2, 0.25) is 0 Å². The Morgan fingerprint density at radius 1 is 0.333 bits per heavy atom. The quantitative estimate of drug-likeness (QED) is 0.329. The first-order valence-corrected chi connectivity index (χ1v) is 0. The van der Waals surface area contributed by atoms with Gasteiger partial charge in [-0.25, -0.2) is 0 Å². The average Bonchev–Trinajstić information content (AvgIpc) is 0. The van der Waals surface area contributed by atoms with Gasteiger partial charge < -0.3 is 0 Å². The fraction of sp³-hybridized carbons (Fsp3) is 0. The van der Waals surface area contributed by atoms with Crippen molar-refractivity contribution in [3.63, 3.8) is 0 Å². The summed E-state index contributed by atoms with van der Waals surface area (Å²) in [5, 5.41) is 0. The van der Waals surface area contributed by atoms with E-state index in [1.54, 1.807) is 0 Å². The third-order valence-corrected chi connectivity index (χ3v) is 0. The molecule has 6 heteroatoms. The van der Waals surface area contributed by atoms with Crippen LogP contribution in [0.3, 0.4) is 0 Å². The Morgan fingerprint density at radius 2 is 0.333 bits per heavy atom. The van der Waals surface area contributed by atoms with E-state index in [1.165, 1.54) is 0 Å². The van der Waals surface area contributed by atoms with Crippen molar-refractivity contribution >= 4 is 17.6 Å². The molecule has 0 fully saturated rings. The van der Waals surface area contributed by atoms with Crippen molar-refractivity contribution < 1.29 is 112 Å². The third kappa shape index (κ3) is 24.0. The number of hydrogen-bond donors (Lipinski definition) is 0. The van der Waals surface area contributed by atoms with Gasteiger partial charge in [-0.1, -0.05) is 0 Å². The van der Waals surface area contributed by atoms with E-state index >= 15 is 0 Å². The number of rotatable bonds is 0. The van der Waals surface area contributed by atoms with E-state index in [9.17, 15) is 0 Å². The molecule has 0 spiro atoms. The molecular weight excluding hydrogens is 537 g/mol. The molecule has 0 heterocycles. The molecule has 0 amide bonds. The Kier molecular flexibility index (Phi) is 283. The molecule has 0 N–H and O–H groups in total. The predicted octanol–water partition coefficient (Wildman–Crippen LogP) is -1.46. The summed E-state index contributed by atoms with van der Waals surface area (Å²) in [4.78, 5) is 0. The van der Waals surface area contributed by atoms with Crippen LogP contribution in [0.15, 0.2) is 0 Å². The molecule has 0 atom stereocenters. The van der Waals surface area contributed by atoms with Gasteiger partial charge in [-0.05, 0) is 0 Å². The van der Waals surface area contributed by atoms with Crippen LogP contribution in [-0.4, -0.2) is 17.6 Å². The van der Waals surface area contributed by atoms with Crippen molar-refractivity contribution in [2.45, 2.75) is 0 Å². The van der Waals surface area contributed by atoms with Crippen molar-refractivity contribution in [2.24, 2.45) is 0 Å². The summed E-state index contributed by atoms with van der Waals surface area (Å²) >= 11 is 0. The van der Waals surface area contributed by atoms with Crippen LogP contribution in [-0.2, 0) is 112 Å². The molecule has 0 unspecified atom stereocenters. The SMILES string of the molecule is [GeH4].[Nb].[Nb].[Nb].[Nb].[Nb]. The van der Waals surface area contributed by atoms with Crippen LogP contribution >= 0.6 is 0 Å². The van der Waals surface area contributed by atoms with Gasteiger partial charge in [-0.2, -0.15) is 0 Å². The molecule has 0 aliphatic carbocycles. The Bertz CT molecular complexity index is 3.90. The standard InChI is InChI=1S/GeH4.5Nb/h1H4;;;;;. The summed E-state index contributed by atoms with van der Waals surface area (Å²) in [6.07, 6.45) is 0. The van der Waals surface area contributed by atoms with E-state index in [1.807, 2.05) is 0 Å².